The van der Waals surface area contributed by atoms with Crippen LogP contribution in [0.25, 0.3) is 0 Å². The standard InChI is InChI=1S/C11H15BrFN/c1-8(2)14(3)7-9-4-5-11(13)10(12)6-9/h4-6,8H,7H2,1-3H3. The minimum Gasteiger partial charge on any atom is -0.300 e. The van der Waals surface area contributed by atoms with Crippen molar-refractivity contribution >= 4 is 15.9 Å². The number of hydrogen-bond donors (Lipinski definition) is 0. The fourth-order valence-corrected chi connectivity index (χ4v) is 1.53. The lowest BCUT2D eigenvalue weighted by atomic mass is 10.2. The summed E-state index contributed by atoms with van der Waals surface area (Å²) in [5.74, 6) is -0.207. The molecule has 0 bridgehead atoms. The van der Waals surface area contributed by atoms with Gasteiger partial charge in [0, 0.05) is 12.6 Å². The molecule has 0 fully saturated rings. The maximum absolute atomic E-state index is 12.9. The molecule has 14 heavy (non-hydrogen) atoms. The first-order valence-corrected chi connectivity index (χ1v) is 5.44. The van der Waals surface area contributed by atoms with Gasteiger partial charge >= 0.3 is 0 Å². The van der Waals surface area contributed by atoms with Crippen molar-refractivity contribution in [3.8, 4) is 0 Å². The predicted octanol–water partition coefficient (Wildman–Crippen LogP) is 3.43. The van der Waals surface area contributed by atoms with E-state index in [1.54, 1.807) is 0 Å². The van der Waals surface area contributed by atoms with Gasteiger partial charge in [0.2, 0.25) is 0 Å². The lowest BCUT2D eigenvalue weighted by molar-refractivity contribution is 0.265. The Bertz CT molecular complexity index is 312. The average molecular weight is 260 g/mol. The lowest BCUT2D eigenvalue weighted by Crippen LogP contribution is -2.25. The molecule has 0 aromatic heterocycles. The van der Waals surface area contributed by atoms with Crippen LogP contribution in [-0.2, 0) is 6.54 Å². The number of benzene rings is 1. The van der Waals surface area contributed by atoms with E-state index < -0.39 is 0 Å². The van der Waals surface area contributed by atoms with E-state index in [1.807, 2.05) is 12.1 Å². The zero-order chi connectivity index (χ0) is 10.7. The monoisotopic (exact) mass is 259 g/mol. The molecule has 0 spiro atoms. The van der Waals surface area contributed by atoms with Gasteiger partial charge in [-0.15, -0.1) is 0 Å². The molecule has 0 N–H and O–H groups in total. The van der Waals surface area contributed by atoms with Crippen molar-refractivity contribution in [3.63, 3.8) is 0 Å². The third kappa shape index (κ3) is 3.07. The van der Waals surface area contributed by atoms with Gasteiger partial charge in [-0.1, -0.05) is 6.07 Å². The topological polar surface area (TPSA) is 3.24 Å². The second-order valence-electron chi connectivity index (χ2n) is 3.76. The second-order valence-corrected chi connectivity index (χ2v) is 4.61. The highest BCUT2D eigenvalue weighted by atomic mass is 79.9. The van der Waals surface area contributed by atoms with Crippen molar-refractivity contribution in [1.82, 2.24) is 4.90 Å². The maximum atomic E-state index is 12.9. The molecule has 3 heteroatoms. The van der Waals surface area contributed by atoms with E-state index in [4.69, 9.17) is 0 Å². The Morgan fingerprint density at radius 3 is 2.57 bits per heavy atom. The number of halogens is 2. The fraction of sp³-hybridized carbons (Fsp3) is 0.455. The van der Waals surface area contributed by atoms with E-state index in [2.05, 4.69) is 41.7 Å². The van der Waals surface area contributed by atoms with Gasteiger partial charge in [-0.3, -0.25) is 4.90 Å². The first-order valence-electron chi connectivity index (χ1n) is 4.65. The SMILES string of the molecule is CC(C)N(C)Cc1ccc(F)c(Br)c1. The zero-order valence-corrected chi connectivity index (χ0v) is 10.3. The van der Waals surface area contributed by atoms with Crippen LogP contribution in [0.1, 0.15) is 19.4 Å². The van der Waals surface area contributed by atoms with Crippen LogP contribution < -0.4 is 0 Å². The molecule has 0 saturated carbocycles. The summed E-state index contributed by atoms with van der Waals surface area (Å²) in [7, 11) is 2.06. The summed E-state index contributed by atoms with van der Waals surface area (Å²) in [5, 5.41) is 0. The molecule has 1 aromatic carbocycles. The van der Waals surface area contributed by atoms with Crippen LogP contribution in [0.2, 0.25) is 0 Å². The summed E-state index contributed by atoms with van der Waals surface area (Å²) in [5.41, 5.74) is 1.12. The molecule has 0 aliphatic carbocycles. The van der Waals surface area contributed by atoms with Gasteiger partial charge in [0.1, 0.15) is 5.82 Å². The minimum absolute atomic E-state index is 0.207. The van der Waals surface area contributed by atoms with Gasteiger partial charge in [-0.2, -0.15) is 0 Å². The molecule has 1 aromatic rings. The van der Waals surface area contributed by atoms with Gasteiger partial charge in [-0.25, -0.2) is 4.39 Å². The normalized spacial score (nSPS) is 11.4. The van der Waals surface area contributed by atoms with Gasteiger partial charge in [0.15, 0.2) is 0 Å². The highest BCUT2D eigenvalue weighted by Crippen LogP contribution is 2.18. The molecule has 1 rings (SSSR count). The van der Waals surface area contributed by atoms with Crippen molar-refractivity contribution in [1.29, 1.82) is 0 Å². The van der Waals surface area contributed by atoms with Crippen LogP contribution in [0.4, 0.5) is 4.39 Å². The first-order chi connectivity index (χ1) is 6.50. The van der Waals surface area contributed by atoms with Gasteiger partial charge in [-0.05, 0) is 54.5 Å². The van der Waals surface area contributed by atoms with Crippen molar-refractivity contribution in [3.05, 3.63) is 34.1 Å². The van der Waals surface area contributed by atoms with E-state index in [9.17, 15) is 4.39 Å². The Hall–Kier alpha value is -0.410. The van der Waals surface area contributed by atoms with Crippen LogP contribution in [0.15, 0.2) is 22.7 Å². The summed E-state index contributed by atoms with van der Waals surface area (Å²) in [6, 6.07) is 5.64. The zero-order valence-electron chi connectivity index (χ0n) is 8.72. The molecular weight excluding hydrogens is 245 g/mol. The smallest absolute Gasteiger partial charge is 0.137 e. The van der Waals surface area contributed by atoms with Crippen LogP contribution >= 0.6 is 15.9 Å². The van der Waals surface area contributed by atoms with E-state index in [-0.39, 0.29) is 5.82 Å². The van der Waals surface area contributed by atoms with Crippen LogP contribution in [0.5, 0.6) is 0 Å². The Labute approximate surface area is 93.0 Å². The molecule has 1 nitrogen and oxygen atoms in total. The number of hydrogen-bond acceptors (Lipinski definition) is 1. The highest BCUT2D eigenvalue weighted by Gasteiger charge is 2.05. The molecule has 0 saturated heterocycles. The largest absolute Gasteiger partial charge is 0.300 e. The van der Waals surface area contributed by atoms with E-state index in [0.29, 0.717) is 10.5 Å². The summed E-state index contributed by atoms with van der Waals surface area (Å²) in [6.07, 6.45) is 0. The van der Waals surface area contributed by atoms with Crippen molar-refractivity contribution in [2.45, 2.75) is 26.4 Å². The van der Waals surface area contributed by atoms with Gasteiger partial charge in [0.05, 0.1) is 4.47 Å². The van der Waals surface area contributed by atoms with Crippen molar-refractivity contribution < 1.29 is 4.39 Å². The predicted molar refractivity (Wildman–Crippen MR) is 60.7 cm³/mol. The number of rotatable bonds is 3. The quantitative estimate of drug-likeness (QED) is 0.804. The molecule has 0 heterocycles. The molecule has 0 aliphatic rings. The molecule has 0 aliphatic heterocycles. The van der Waals surface area contributed by atoms with Crippen LogP contribution in [-0.4, -0.2) is 18.0 Å². The molecule has 0 radical (unpaired) electrons. The Morgan fingerprint density at radius 1 is 1.43 bits per heavy atom. The highest BCUT2D eigenvalue weighted by molar-refractivity contribution is 9.10. The lowest BCUT2D eigenvalue weighted by Gasteiger charge is -2.21. The van der Waals surface area contributed by atoms with E-state index >= 15 is 0 Å². The third-order valence-corrected chi connectivity index (χ3v) is 2.91. The maximum Gasteiger partial charge on any atom is 0.137 e. The molecule has 78 valence electrons. The Morgan fingerprint density at radius 2 is 2.07 bits per heavy atom. The Balaban J connectivity index is 2.73. The summed E-state index contributed by atoms with van der Waals surface area (Å²) in [4.78, 5) is 2.21. The van der Waals surface area contributed by atoms with Crippen LogP contribution in [0.3, 0.4) is 0 Å². The van der Waals surface area contributed by atoms with Crippen molar-refractivity contribution in [2.75, 3.05) is 7.05 Å². The van der Waals surface area contributed by atoms with Gasteiger partial charge < -0.3 is 0 Å². The number of nitrogens with zero attached hydrogens (tertiary/aromatic N) is 1. The second kappa shape index (κ2) is 4.89. The molecule has 0 unspecified atom stereocenters. The van der Waals surface area contributed by atoms with Crippen LogP contribution in [0, 0.1) is 5.82 Å². The van der Waals surface area contributed by atoms with E-state index in [0.717, 1.165) is 12.1 Å². The molecular formula is C11H15BrFN. The van der Waals surface area contributed by atoms with Gasteiger partial charge in [0.25, 0.3) is 0 Å². The summed E-state index contributed by atoms with van der Waals surface area (Å²) < 4.78 is 13.5. The van der Waals surface area contributed by atoms with E-state index in [1.165, 1.54) is 6.07 Å². The van der Waals surface area contributed by atoms with Crippen molar-refractivity contribution in [2.24, 2.45) is 0 Å². The molecule has 0 atom stereocenters. The molecule has 0 amide bonds. The summed E-state index contributed by atoms with van der Waals surface area (Å²) in [6.45, 7) is 5.12. The fourth-order valence-electron chi connectivity index (χ4n) is 1.11. The first kappa shape index (κ1) is 11.7. The Kier molecular flexibility index (Phi) is 4.08. The average Bonchev–Trinajstić information content (AvgIpc) is 2.11. The minimum atomic E-state index is -0.207. The third-order valence-electron chi connectivity index (χ3n) is 2.30. The summed E-state index contributed by atoms with van der Waals surface area (Å²) >= 11 is 3.18.